The molecule has 0 spiro atoms. The van der Waals surface area contributed by atoms with Crippen molar-refractivity contribution in [2.75, 3.05) is 29.9 Å². The fraction of sp³-hybridized carbons (Fsp3) is 0.440. The van der Waals surface area contributed by atoms with Crippen LogP contribution in [0.1, 0.15) is 43.4 Å². The highest BCUT2D eigenvalue weighted by Crippen LogP contribution is 2.33. The monoisotopic (exact) mass is 443 g/mol. The summed E-state index contributed by atoms with van der Waals surface area (Å²) in [6, 6.07) is 12.0. The number of nitrogens with zero attached hydrogens (tertiary/aromatic N) is 5. The van der Waals surface area contributed by atoms with Crippen molar-refractivity contribution in [3.8, 4) is 11.3 Å². The second kappa shape index (κ2) is 8.50. The first kappa shape index (κ1) is 20.2. The molecule has 0 saturated carbocycles. The molecule has 0 radical (unpaired) electrons. The van der Waals surface area contributed by atoms with Crippen molar-refractivity contribution < 1.29 is 4.79 Å². The summed E-state index contributed by atoms with van der Waals surface area (Å²) in [6.45, 7) is 2.58. The van der Waals surface area contributed by atoms with E-state index < -0.39 is 0 Å². The first-order valence-electron chi connectivity index (χ1n) is 12.1. The van der Waals surface area contributed by atoms with Gasteiger partial charge in [-0.2, -0.15) is 10.1 Å². The maximum absolute atomic E-state index is 13.2. The van der Waals surface area contributed by atoms with E-state index in [9.17, 15) is 4.79 Å². The Morgan fingerprint density at radius 1 is 1.00 bits per heavy atom. The molecule has 1 aromatic carbocycles. The van der Waals surface area contributed by atoms with Gasteiger partial charge in [-0.05, 0) is 50.5 Å². The lowest BCUT2D eigenvalue weighted by molar-refractivity contribution is -0.131. The number of aryl methyl sites for hydroxylation is 1. The molecule has 8 nitrogen and oxygen atoms in total. The first-order chi connectivity index (χ1) is 16.3. The number of carbonyl (C=O) groups is 1. The molecule has 0 bridgehead atoms. The van der Waals surface area contributed by atoms with E-state index in [1.165, 1.54) is 5.56 Å². The minimum atomic E-state index is -0.148. The topological polar surface area (TPSA) is 90.0 Å². The number of amides is 1. The molecule has 1 aliphatic carbocycles. The quantitative estimate of drug-likeness (QED) is 0.625. The van der Waals surface area contributed by atoms with E-state index in [0.29, 0.717) is 5.95 Å². The Kier molecular flexibility index (Phi) is 5.20. The number of hydrogen-bond donors (Lipinski definition) is 2. The standard InChI is InChI=1S/C25H29N7O/c33-24(31-13-4-5-14-31)21-12-7-15-32(21)25-26-19-11-6-10-18(19)23(28-25)27-22-16-20(29-30-22)17-8-2-1-3-9-17/h1-3,8-9,16,21H,4-7,10-15H2,(H2,26,27,28,29,30)/t21-/m1/s1. The highest BCUT2D eigenvalue weighted by molar-refractivity contribution is 5.85. The van der Waals surface area contributed by atoms with Gasteiger partial charge in [0, 0.05) is 31.3 Å². The van der Waals surface area contributed by atoms with E-state index in [4.69, 9.17) is 9.97 Å². The Bertz CT molecular complexity index is 1150. The molecule has 3 aliphatic rings. The van der Waals surface area contributed by atoms with E-state index in [0.717, 1.165) is 93.2 Å². The smallest absolute Gasteiger partial charge is 0.245 e. The summed E-state index contributed by atoms with van der Waals surface area (Å²) >= 11 is 0. The SMILES string of the molecule is O=C([C@H]1CCCN1c1nc2c(c(Nc3cc(-c4ccccc4)[nH]n3)n1)CCC2)N1CCCC1. The molecule has 6 rings (SSSR count). The maximum atomic E-state index is 13.2. The van der Waals surface area contributed by atoms with Crippen LogP contribution >= 0.6 is 0 Å². The molecular weight excluding hydrogens is 414 g/mol. The van der Waals surface area contributed by atoms with E-state index in [1.807, 2.05) is 29.2 Å². The first-order valence-corrected chi connectivity index (χ1v) is 12.1. The zero-order valence-electron chi connectivity index (χ0n) is 18.8. The number of fused-ring (bicyclic) bond motifs is 1. The lowest BCUT2D eigenvalue weighted by Crippen LogP contribution is -2.45. The van der Waals surface area contributed by atoms with Gasteiger partial charge in [-0.1, -0.05) is 30.3 Å². The zero-order chi connectivity index (χ0) is 22.2. The molecule has 2 fully saturated rings. The molecular formula is C25H29N7O. The maximum Gasteiger partial charge on any atom is 0.245 e. The van der Waals surface area contributed by atoms with Gasteiger partial charge in [-0.3, -0.25) is 9.89 Å². The summed E-state index contributed by atoms with van der Waals surface area (Å²) in [6.07, 6.45) is 7.07. The van der Waals surface area contributed by atoms with Crippen LogP contribution < -0.4 is 10.2 Å². The van der Waals surface area contributed by atoms with Crippen molar-refractivity contribution in [2.45, 2.75) is 51.0 Å². The van der Waals surface area contributed by atoms with Gasteiger partial charge in [0.2, 0.25) is 11.9 Å². The van der Waals surface area contributed by atoms with Crippen LogP contribution in [-0.4, -0.2) is 56.6 Å². The molecule has 2 saturated heterocycles. The molecule has 33 heavy (non-hydrogen) atoms. The number of H-pyrrole nitrogens is 1. The number of nitrogens with one attached hydrogen (secondary N) is 2. The minimum Gasteiger partial charge on any atom is -0.341 e. The fourth-order valence-electron chi connectivity index (χ4n) is 5.34. The summed E-state index contributed by atoms with van der Waals surface area (Å²) in [4.78, 5) is 27.2. The van der Waals surface area contributed by atoms with Gasteiger partial charge in [0.15, 0.2) is 5.82 Å². The van der Waals surface area contributed by atoms with Crippen molar-refractivity contribution in [2.24, 2.45) is 0 Å². The van der Waals surface area contributed by atoms with Crippen molar-refractivity contribution in [3.05, 3.63) is 47.7 Å². The van der Waals surface area contributed by atoms with Crippen LogP contribution in [0.2, 0.25) is 0 Å². The van der Waals surface area contributed by atoms with Crippen molar-refractivity contribution in [1.29, 1.82) is 0 Å². The average molecular weight is 444 g/mol. The molecule has 3 aromatic rings. The second-order valence-corrected chi connectivity index (χ2v) is 9.19. The summed E-state index contributed by atoms with van der Waals surface area (Å²) in [7, 11) is 0. The molecule has 1 atom stereocenters. The van der Waals surface area contributed by atoms with Gasteiger partial charge in [0.25, 0.3) is 0 Å². The van der Waals surface area contributed by atoms with Gasteiger partial charge in [0.05, 0.1) is 11.4 Å². The third-order valence-corrected chi connectivity index (χ3v) is 7.04. The number of hydrogen-bond acceptors (Lipinski definition) is 6. The van der Waals surface area contributed by atoms with E-state index in [2.05, 4.69) is 32.5 Å². The lowest BCUT2D eigenvalue weighted by Gasteiger charge is -2.28. The number of rotatable bonds is 5. The normalized spacial score (nSPS) is 19.8. The van der Waals surface area contributed by atoms with Gasteiger partial charge < -0.3 is 15.1 Å². The van der Waals surface area contributed by atoms with Crippen LogP contribution in [0.3, 0.4) is 0 Å². The number of likely N-dealkylation sites (tertiary alicyclic amines) is 1. The molecule has 8 heteroatoms. The Hall–Kier alpha value is -3.42. The summed E-state index contributed by atoms with van der Waals surface area (Å²) in [5.74, 6) is 2.46. The summed E-state index contributed by atoms with van der Waals surface area (Å²) in [5, 5.41) is 11.0. The van der Waals surface area contributed by atoms with E-state index in [-0.39, 0.29) is 11.9 Å². The van der Waals surface area contributed by atoms with Crippen molar-refractivity contribution in [3.63, 3.8) is 0 Å². The molecule has 0 unspecified atom stereocenters. The molecule has 4 heterocycles. The van der Waals surface area contributed by atoms with Crippen LogP contribution in [-0.2, 0) is 17.6 Å². The highest BCUT2D eigenvalue weighted by Gasteiger charge is 2.37. The number of aromatic nitrogens is 4. The molecule has 1 amide bonds. The third-order valence-electron chi connectivity index (χ3n) is 7.04. The van der Waals surface area contributed by atoms with E-state index >= 15 is 0 Å². The summed E-state index contributed by atoms with van der Waals surface area (Å²) in [5.41, 5.74) is 4.32. The Balaban J connectivity index is 1.29. The molecule has 2 aromatic heterocycles. The van der Waals surface area contributed by atoms with Crippen molar-refractivity contribution >= 4 is 23.5 Å². The largest absolute Gasteiger partial charge is 0.341 e. The third kappa shape index (κ3) is 3.83. The predicted molar refractivity (Wildman–Crippen MR) is 128 cm³/mol. The van der Waals surface area contributed by atoms with Crippen LogP contribution in [0.5, 0.6) is 0 Å². The average Bonchev–Trinajstić information content (AvgIpc) is 3.65. The zero-order valence-corrected chi connectivity index (χ0v) is 18.8. The summed E-state index contributed by atoms with van der Waals surface area (Å²) < 4.78 is 0. The lowest BCUT2D eigenvalue weighted by atomic mass is 10.1. The van der Waals surface area contributed by atoms with Crippen LogP contribution in [0.4, 0.5) is 17.6 Å². The van der Waals surface area contributed by atoms with Crippen molar-refractivity contribution in [1.82, 2.24) is 25.1 Å². The Morgan fingerprint density at radius 3 is 2.70 bits per heavy atom. The minimum absolute atomic E-state index is 0.148. The van der Waals surface area contributed by atoms with Gasteiger partial charge in [-0.25, -0.2) is 4.98 Å². The highest BCUT2D eigenvalue weighted by atomic mass is 16.2. The van der Waals surface area contributed by atoms with E-state index in [1.54, 1.807) is 0 Å². The van der Waals surface area contributed by atoms with Gasteiger partial charge in [-0.15, -0.1) is 0 Å². The van der Waals surface area contributed by atoms with Gasteiger partial charge >= 0.3 is 0 Å². The van der Waals surface area contributed by atoms with Crippen LogP contribution in [0, 0.1) is 0 Å². The Labute approximate surface area is 193 Å². The van der Waals surface area contributed by atoms with Crippen LogP contribution in [0.15, 0.2) is 36.4 Å². The number of aromatic amines is 1. The second-order valence-electron chi connectivity index (χ2n) is 9.19. The molecule has 170 valence electrons. The molecule has 2 aliphatic heterocycles. The predicted octanol–water partition coefficient (Wildman–Crippen LogP) is 3.69. The fourth-order valence-corrected chi connectivity index (χ4v) is 5.34. The van der Waals surface area contributed by atoms with Crippen LogP contribution in [0.25, 0.3) is 11.3 Å². The number of carbonyl (C=O) groups excluding carboxylic acids is 1. The number of anilines is 3. The molecule has 2 N–H and O–H groups in total. The number of benzene rings is 1. The van der Waals surface area contributed by atoms with Gasteiger partial charge in [0.1, 0.15) is 11.9 Å². The Morgan fingerprint density at radius 2 is 1.85 bits per heavy atom.